The van der Waals surface area contributed by atoms with Crippen molar-refractivity contribution >= 4 is 25.7 Å². The van der Waals surface area contributed by atoms with Crippen molar-refractivity contribution < 1.29 is 47.5 Å². The van der Waals surface area contributed by atoms with E-state index >= 15 is 0 Å². The fourth-order valence-corrected chi connectivity index (χ4v) is 6.20. The van der Waals surface area contributed by atoms with E-state index in [4.69, 9.17) is 24.8 Å². The average molecular weight is 798 g/mol. The molecule has 3 atom stereocenters. The second-order valence-corrected chi connectivity index (χ2v) is 15.6. The zero-order valence-electron chi connectivity index (χ0n) is 34.3. The molecule has 0 saturated carbocycles. The first-order chi connectivity index (χ1) is 26.6. The van der Waals surface area contributed by atoms with Gasteiger partial charge in [0.25, 0.3) is 0 Å². The fourth-order valence-electron chi connectivity index (χ4n) is 5.42. The summed E-state index contributed by atoms with van der Waals surface area (Å²) < 4.78 is 32.6. The van der Waals surface area contributed by atoms with Gasteiger partial charge in [0.1, 0.15) is 12.6 Å². The molecule has 12 heteroatoms. The topological polar surface area (TPSA) is 172 Å². The molecule has 0 radical (unpaired) electrons. The third-order valence-corrected chi connectivity index (χ3v) is 9.75. The molecule has 0 rings (SSSR count). The van der Waals surface area contributed by atoms with Crippen LogP contribution in [-0.4, -0.2) is 59.9 Å². The highest BCUT2D eigenvalue weighted by Gasteiger charge is 2.28. The summed E-state index contributed by atoms with van der Waals surface area (Å²) in [4.78, 5) is 45.9. The number of phosphoric ester groups is 1. The number of hydrogen-bond acceptors (Lipinski definition) is 9. The van der Waals surface area contributed by atoms with Crippen molar-refractivity contribution in [3.05, 3.63) is 48.6 Å². The van der Waals surface area contributed by atoms with Crippen LogP contribution in [-0.2, 0) is 37.5 Å². The van der Waals surface area contributed by atoms with Gasteiger partial charge in [0.05, 0.1) is 13.2 Å². The minimum absolute atomic E-state index is 0.110. The Labute approximate surface area is 333 Å². The maximum Gasteiger partial charge on any atom is 0.472 e. The normalized spacial score (nSPS) is 14.3. The molecule has 0 amide bonds. The lowest BCUT2D eigenvalue weighted by molar-refractivity contribution is -0.161. The Morgan fingerprint density at radius 1 is 0.564 bits per heavy atom. The van der Waals surface area contributed by atoms with E-state index in [-0.39, 0.29) is 19.4 Å². The van der Waals surface area contributed by atoms with Crippen molar-refractivity contribution in [1.29, 1.82) is 0 Å². The molecule has 0 aliphatic rings. The van der Waals surface area contributed by atoms with Crippen LogP contribution in [0.1, 0.15) is 174 Å². The molecule has 0 heterocycles. The number of ether oxygens (including phenoxy) is 2. The lowest BCUT2D eigenvalue weighted by Crippen LogP contribution is -2.34. The third kappa shape index (κ3) is 38.1. The van der Waals surface area contributed by atoms with Gasteiger partial charge in [-0.05, 0) is 77.0 Å². The molecule has 318 valence electrons. The second kappa shape index (κ2) is 38.3. The number of hydrogen-bond donors (Lipinski definition) is 3. The quantitative estimate of drug-likeness (QED) is 0.0234. The molecule has 0 spiro atoms. The monoisotopic (exact) mass is 798 g/mol. The highest BCUT2D eigenvalue weighted by Crippen LogP contribution is 2.43. The van der Waals surface area contributed by atoms with E-state index in [0.717, 1.165) is 70.6 Å². The first kappa shape index (κ1) is 52.4. The predicted molar refractivity (Wildman–Crippen MR) is 222 cm³/mol. The van der Waals surface area contributed by atoms with Gasteiger partial charge in [-0.25, -0.2) is 4.57 Å². The highest BCUT2D eigenvalue weighted by atomic mass is 31.2. The molecular formula is C43H76NO10P. The van der Waals surface area contributed by atoms with E-state index in [1.807, 2.05) is 0 Å². The van der Waals surface area contributed by atoms with E-state index < -0.39 is 51.1 Å². The number of unbranched alkanes of at least 4 members (excludes halogenated alkanes) is 17. The summed E-state index contributed by atoms with van der Waals surface area (Å²) in [6, 6.07) is -1.53. The Morgan fingerprint density at radius 2 is 0.964 bits per heavy atom. The van der Waals surface area contributed by atoms with Crippen LogP contribution in [0.15, 0.2) is 48.6 Å². The molecule has 0 fully saturated rings. The minimum Gasteiger partial charge on any atom is -0.480 e. The summed E-state index contributed by atoms with van der Waals surface area (Å²) in [5.41, 5.74) is 5.32. The van der Waals surface area contributed by atoms with Gasteiger partial charge in [0.15, 0.2) is 6.10 Å². The first-order valence-electron chi connectivity index (χ1n) is 21.2. The van der Waals surface area contributed by atoms with Crippen LogP contribution in [0.2, 0.25) is 0 Å². The number of carboxylic acid groups (broad SMARTS) is 1. The van der Waals surface area contributed by atoms with Crippen LogP contribution in [0.25, 0.3) is 0 Å². The van der Waals surface area contributed by atoms with Crippen LogP contribution in [0.4, 0.5) is 0 Å². The van der Waals surface area contributed by atoms with Crippen LogP contribution in [0.3, 0.4) is 0 Å². The number of phosphoric acid groups is 1. The molecule has 0 aromatic carbocycles. The summed E-state index contributed by atoms with van der Waals surface area (Å²) >= 11 is 0. The van der Waals surface area contributed by atoms with Crippen LogP contribution < -0.4 is 5.73 Å². The molecule has 0 saturated heterocycles. The standard InChI is InChI=1S/C43H76NO10P/c1-3-5-7-9-11-13-15-17-19-21-22-24-26-28-30-32-34-41(45)51-36-39(37-52-55(49,50)53-38-40(44)43(47)48)54-42(46)35-33-31-29-27-25-23-20-18-16-14-12-10-8-6-4-2/h12,14,18-21,25,27,39-40H,3-11,13,15-17,22-24,26,28-38,44H2,1-2H3,(H,47,48)(H,49,50)/b14-12-,20-18-,21-19-,27-25-/t39-,40+/m1/s1. The summed E-state index contributed by atoms with van der Waals surface area (Å²) in [5, 5.41) is 8.88. The first-order valence-corrected chi connectivity index (χ1v) is 22.7. The van der Waals surface area contributed by atoms with Crippen molar-refractivity contribution in [3.8, 4) is 0 Å². The zero-order chi connectivity index (χ0) is 40.7. The molecule has 0 aliphatic heterocycles. The number of carbonyl (C=O) groups excluding carboxylic acids is 2. The molecule has 11 nitrogen and oxygen atoms in total. The van der Waals surface area contributed by atoms with Crippen molar-refractivity contribution in [3.63, 3.8) is 0 Å². The van der Waals surface area contributed by atoms with E-state index in [1.165, 1.54) is 64.2 Å². The summed E-state index contributed by atoms with van der Waals surface area (Å²) in [6.45, 7) is 2.71. The summed E-state index contributed by atoms with van der Waals surface area (Å²) in [7, 11) is -4.73. The zero-order valence-corrected chi connectivity index (χ0v) is 35.2. The molecule has 0 aliphatic carbocycles. The van der Waals surface area contributed by atoms with E-state index in [1.54, 1.807) is 0 Å². The molecule has 0 aromatic rings. The van der Waals surface area contributed by atoms with Crippen molar-refractivity contribution in [2.75, 3.05) is 19.8 Å². The number of rotatable bonds is 39. The van der Waals surface area contributed by atoms with Crippen LogP contribution in [0.5, 0.6) is 0 Å². The van der Waals surface area contributed by atoms with Crippen LogP contribution in [0, 0.1) is 0 Å². The van der Waals surface area contributed by atoms with Gasteiger partial charge < -0.3 is 25.2 Å². The maximum atomic E-state index is 12.6. The number of aliphatic carboxylic acids is 1. The van der Waals surface area contributed by atoms with Gasteiger partial charge in [0, 0.05) is 12.8 Å². The largest absolute Gasteiger partial charge is 0.480 e. The van der Waals surface area contributed by atoms with E-state index in [9.17, 15) is 23.8 Å². The summed E-state index contributed by atoms with van der Waals surface area (Å²) in [5.74, 6) is -2.44. The molecule has 0 bridgehead atoms. The second-order valence-electron chi connectivity index (χ2n) is 14.1. The number of carbonyl (C=O) groups is 3. The van der Waals surface area contributed by atoms with Gasteiger partial charge in [-0.2, -0.15) is 0 Å². The van der Waals surface area contributed by atoms with Gasteiger partial charge >= 0.3 is 25.7 Å². The van der Waals surface area contributed by atoms with Gasteiger partial charge in [-0.15, -0.1) is 0 Å². The number of nitrogens with two attached hydrogens (primary N) is 1. The van der Waals surface area contributed by atoms with Crippen molar-refractivity contribution in [2.24, 2.45) is 5.73 Å². The Balaban J connectivity index is 4.46. The Bertz CT molecular complexity index is 1120. The van der Waals surface area contributed by atoms with Gasteiger partial charge in [-0.3, -0.25) is 23.4 Å². The van der Waals surface area contributed by atoms with E-state index in [0.29, 0.717) is 12.8 Å². The lowest BCUT2D eigenvalue weighted by atomic mass is 10.1. The average Bonchev–Trinajstić information content (AvgIpc) is 3.16. The van der Waals surface area contributed by atoms with Gasteiger partial charge in [-0.1, -0.05) is 133 Å². The lowest BCUT2D eigenvalue weighted by Gasteiger charge is -2.20. The predicted octanol–water partition coefficient (Wildman–Crippen LogP) is 11.0. The van der Waals surface area contributed by atoms with Crippen molar-refractivity contribution in [1.82, 2.24) is 0 Å². The Kier molecular flexibility index (Phi) is 36.5. The maximum absolute atomic E-state index is 12.6. The summed E-state index contributed by atoms with van der Waals surface area (Å²) in [6.07, 6.45) is 41.8. The Hall–Kier alpha value is -2.56. The Morgan fingerprint density at radius 3 is 1.53 bits per heavy atom. The number of carboxylic acids is 1. The van der Waals surface area contributed by atoms with Crippen LogP contribution >= 0.6 is 7.82 Å². The smallest absolute Gasteiger partial charge is 0.472 e. The third-order valence-electron chi connectivity index (χ3n) is 8.80. The molecule has 4 N–H and O–H groups in total. The number of esters is 2. The number of allylic oxidation sites excluding steroid dienone is 8. The highest BCUT2D eigenvalue weighted by molar-refractivity contribution is 7.47. The molecule has 1 unspecified atom stereocenters. The molecule has 55 heavy (non-hydrogen) atoms. The van der Waals surface area contributed by atoms with E-state index in [2.05, 4.69) is 67.0 Å². The molecule has 0 aromatic heterocycles. The van der Waals surface area contributed by atoms with Gasteiger partial charge in [0.2, 0.25) is 0 Å². The fraction of sp³-hybridized carbons (Fsp3) is 0.744. The minimum atomic E-state index is -4.73. The molecular weight excluding hydrogens is 721 g/mol. The SMILES string of the molecule is CCCCC/C=C\C/C=C\C/C=C\CCCCC(=O)O[C@H](COC(=O)CCCCCCC/C=C\CCCCCCCCC)COP(=O)(O)OC[C@H](N)C(=O)O. The van der Waals surface area contributed by atoms with Crippen molar-refractivity contribution in [2.45, 2.75) is 187 Å².